The minimum Gasteiger partial charge on any atom is -0.478 e. The van der Waals surface area contributed by atoms with E-state index in [4.69, 9.17) is 33.4 Å². The normalized spacial score (nSPS) is 10.6. The average molecular weight is 335 g/mol. The topological polar surface area (TPSA) is 89.9 Å². The second-order valence-electron chi connectivity index (χ2n) is 4.56. The molecule has 1 aromatic rings. The van der Waals surface area contributed by atoms with Crippen LogP contribution in [0.15, 0.2) is 12.1 Å². The van der Waals surface area contributed by atoms with Crippen molar-refractivity contribution in [3.63, 3.8) is 0 Å². The fourth-order valence-electron chi connectivity index (χ4n) is 1.70. The third-order valence-electron chi connectivity index (χ3n) is 2.75. The van der Waals surface area contributed by atoms with Gasteiger partial charge in [-0.3, -0.25) is 0 Å². The molecule has 0 aliphatic heterocycles. The summed E-state index contributed by atoms with van der Waals surface area (Å²) in [6.45, 7) is 3.58. The van der Waals surface area contributed by atoms with E-state index in [2.05, 4.69) is 5.32 Å². The Labute approximate surface area is 132 Å². The Morgan fingerprint density at radius 1 is 1.29 bits per heavy atom. The van der Waals surface area contributed by atoms with Gasteiger partial charge in [-0.05, 0) is 26.0 Å². The number of urea groups is 1. The molecular weight excluding hydrogens is 319 g/mol. The first-order valence-electron chi connectivity index (χ1n) is 6.18. The van der Waals surface area contributed by atoms with Crippen molar-refractivity contribution in [2.45, 2.75) is 19.9 Å². The van der Waals surface area contributed by atoms with Gasteiger partial charge in [0.05, 0.1) is 27.9 Å². The zero-order valence-electron chi connectivity index (χ0n) is 11.6. The Morgan fingerprint density at radius 2 is 1.81 bits per heavy atom. The first-order valence-corrected chi connectivity index (χ1v) is 6.94. The summed E-state index contributed by atoms with van der Waals surface area (Å²) in [5.74, 6) is -1.17. The number of amides is 2. The SMILES string of the molecule is CC(C)N(CCO)C(=O)Nc1c(Cl)cc(C(=O)O)cc1Cl. The van der Waals surface area contributed by atoms with Crippen LogP contribution < -0.4 is 5.32 Å². The summed E-state index contributed by atoms with van der Waals surface area (Å²) >= 11 is 11.9. The van der Waals surface area contributed by atoms with Crippen LogP contribution in [-0.2, 0) is 0 Å². The molecule has 0 fully saturated rings. The molecular formula is C13H16Cl2N2O4. The van der Waals surface area contributed by atoms with Crippen LogP contribution in [0.5, 0.6) is 0 Å². The molecule has 0 atom stereocenters. The molecule has 0 saturated carbocycles. The molecule has 116 valence electrons. The molecule has 0 aliphatic rings. The monoisotopic (exact) mass is 334 g/mol. The molecule has 21 heavy (non-hydrogen) atoms. The van der Waals surface area contributed by atoms with Crippen LogP contribution in [0.4, 0.5) is 10.5 Å². The molecule has 3 N–H and O–H groups in total. The summed E-state index contributed by atoms with van der Waals surface area (Å²) in [7, 11) is 0. The lowest BCUT2D eigenvalue weighted by molar-refractivity contribution is 0.0697. The summed E-state index contributed by atoms with van der Waals surface area (Å²) in [5, 5.41) is 20.5. The Morgan fingerprint density at radius 3 is 2.19 bits per heavy atom. The molecule has 0 bridgehead atoms. The van der Waals surface area contributed by atoms with E-state index >= 15 is 0 Å². The smallest absolute Gasteiger partial charge is 0.335 e. The first kappa shape index (κ1) is 17.6. The Hall–Kier alpha value is -1.50. The van der Waals surface area contributed by atoms with Crippen molar-refractivity contribution in [3.8, 4) is 0 Å². The van der Waals surface area contributed by atoms with E-state index in [0.29, 0.717) is 0 Å². The number of aliphatic hydroxyl groups is 1. The number of nitrogens with one attached hydrogen (secondary N) is 1. The molecule has 6 nitrogen and oxygen atoms in total. The second-order valence-corrected chi connectivity index (χ2v) is 5.38. The van der Waals surface area contributed by atoms with E-state index in [1.54, 1.807) is 13.8 Å². The van der Waals surface area contributed by atoms with E-state index in [1.165, 1.54) is 17.0 Å². The maximum absolute atomic E-state index is 12.1. The van der Waals surface area contributed by atoms with Crippen molar-refractivity contribution >= 4 is 40.9 Å². The highest BCUT2D eigenvalue weighted by atomic mass is 35.5. The van der Waals surface area contributed by atoms with Crippen molar-refractivity contribution in [3.05, 3.63) is 27.7 Å². The van der Waals surface area contributed by atoms with Gasteiger partial charge < -0.3 is 20.4 Å². The number of aliphatic hydroxyl groups excluding tert-OH is 1. The lowest BCUT2D eigenvalue weighted by Gasteiger charge is -2.26. The molecule has 8 heteroatoms. The third-order valence-corrected chi connectivity index (χ3v) is 3.34. The fourth-order valence-corrected chi connectivity index (χ4v) is 2.28. The van der Waals surface area contributed by atoms with Crippen LogP contribution in [0.2, 0.25) is 10.0 Å². The number of hydrogen-bond donors (Lipinski definition) is 3. The van der Waals surface area contributed by atoms with Gasteiger partial charge in [0.1, 0.15) is 0 Å². The zero-order valence-corrected chi connectivity index (χ0v) is 13.1. The Bertz CT molecular complexity index is 526. The molecule has 0 heterocycles. The van der Waals surface area contributed by atoms with E-state index in [9.17, 15) is 9.59 Å². The third kappa shape index (κ3) is 4.49. The number of halogens is 2. The van der Waals surface area contributed by atoms with Crippen molar-refractivity contribution in [2.24, 2.45) is 0 Å². The number of carboxylic acids is 1. The molecule has 0 aromatic heterocycles. The van der Waals surface area contributed by atoms with Crippen molar-refractivity contribution < 1.29 is 19.8 Å². The zero-order chi connectivity index (χ0) is 16.2. The molecule has 0 aliphatic carbocycles. The van der Waals surface area contributed by atoms with Gasteiger partial charge in [0.25, 0.3) is 0 Å². The van der Waals surface area contributed by atoms with Gasteiger partial charge in [0.15, 0.2) is 0 Å². The van der Waals surface area contributed by atoms with Crippen molar-refractivity contribution in [1.82, 2.24) is 4.90 Å². The number of anilines is 1. The van der Waals surface area contributed by atoms with Gasteiger partial charge in [-0.2, -0.15) is 0 Å². The van der Waals surface area contributed by atoms with Crippen LogP contribution in [0.3, 0.4) is 0 Å². The molecule has 1 aromatic carbocycles. The second kappa shape index (κ2) is 7.49. The van der Waals surface area contributed by atoms with Gasteiger partial charge in [0.2, 0.25) is 0 Å². The number of rotatable bonds is 5. The van der Waals surface area contributed by atoms with E-state index in [1.807, 2.05) is 0 Å². The largest absolute Gasteiger partial charge is 0.478 e. The van der Waals surface area contributed by atoms with Crippen LogP contribution in [0.25, 0.3) is 0 Å². The van der Waals surface area contributed by atoms with Crippen LogP contribution in [0.1, 0.15) is 24.2 Å². The maximum Gasteiger partial charge on any atom is 0.335 e. The minimum absolute atomic E-state index is 0.0287. The highest BCUT2D eigenvalue weighted by Crippen LogP contribution is 2.32. The molecule has 0 unspecified atom stereocenters. The molecule has 0 spiro atoms. The fraction of sp³-hybridized carbons (Fsp3) is 0.385. The average Bonchev–Trinajstić information content (AvgIpc) is 2.39. The summed E-state index contributed by atoms with van der Waals surface area (Å²) in [5.41, 5.74) is 0.0657. The predicted octanol–water partition coefficient (Wildman–Crippen LogP) is 2.93. The quantitative estimate of drug-likeness (QED) is 0.772. The standard InChI is InChI=1S/C13H16Cl2N2O4/c1-7(2)17(3-4-18)13(21)16-11-9(14)5-8(12(19)20)6-10(11)15/h5-7,18H,3-4H2,1-2H3,(H,16,21)(H,19,20). The Balaban J connectivity index is 3.02. The van der Waals surface area contributed by atoms with E-state index in [-0.39, 0.29) is 40.5 Å². The number of benzene rings is 1. The Kier molecular flexibility index (Phi) is 6.26. The number of nitrogens with zero attached hydrogens (tertiary/aromatic N) is 1. The highest BCUT2D eigenvalue weighted by Gasteiger charge is 2.20. The van der Waals surface area contributed by atoms with Gasteiger partial charge >= 0.3 is 12.0 Å². The first-order chi connectivity index (χ1) is 9.77. The van der Waals surface area contributed by atoms with Gasteiger partial charge in [0, 0.05) is 12.6 Å². The van der Waals surface area contributed by atoms with E-state index in [0.717, 1.165) is 0 Å². The van der Waals surface area contributed by atoms with Gasteiger partial charge in [-0.15, -0.1) is 0 Å². The summed E-state index contributed by atoms with van der Waals surface area (Å²) in [4.78, 5) is 24.4. The minimum atomic E-state index is -1.17. The van der Waals surface area contributed by atoms with Crippen LogP contribution >= 0.6 is 23.2 Å². The van der Waals surface area contributed by atoms with Crippen LogP contribution in [0, 0.1) is 0 Å². The number of carboxylic acid groups (broad SMARTS) is 1. The van der Waals surface area contributed by atoms with Crippen molar-refractivity contribution in [1.29, 1.82) is 0 Å². The van der Waals surface area contributed by atoms with Gasteiger partial charge in [-0.1, -0.05) is 23.2 Å². The number of aromatic carboxylic acids is 1. The van der Waals surface area contributed by atoms with Crippen LogP contribution in [-0.4, -0.2) is 46.3 Å². The molecule has 0 radical (unpaired) electrons. The maximum atomic E-state index is 12.1. The molecule has 1 rings (SSSR count). The predicted molar refractivity (Wildman–Crippen MR) is 81.4 cm³/mol. The molecule has 0 saturated heterocycles. The summed E-state index contributed by atoms with van der Waals surface area (Å²) in [6.07, 6.45) is 0. The lowest BCUT2D eigenvalue weighted by Crippen LogP contribution is -2.41. The number of carbonyl (C=O) groups excluding carboxylic acids is 1. The highest BCUT2D eigenvalue weighted by molar-refractivity contribution is 6.40. The number of carbonyl (C=O) groups is 2. The van der Waals surface area contributed by atoms with Crippen molar-refractivity contribution in [2.75, 3.05) is 18.5 Å². The summed E-state index contributed by atoms with van der Waals surface area (Å²) < 4.78 is 0. The number of hydrogen-bond acceptors (Lipinski definition) is 3. The summed E-state index contributed by atoms with van der Waals surface area (Å²) in [6, 6.07) is 1.80. The van der Waals surface area contributed by atoms with Gasteiger partial charge in [-0.25, -0.2) is 9.59 Å². The molecule has 2 amide bonds. The van der Waals surface area contributed by atoms with E-state index < -0.39 is 12.0 Å². The lowest BCUT2D eigenvalue weighted by atomic mass is 10.2.